The number of hydrogen-bond donors (Lipinski definition) is 0. The molecule has 0 aromatic rings. The van der Waals surface area contributed by atoms with E-state index in [0.29, 0.717) is 10.7 Å². The maximum absolute atomic E-state index is 12.4. The van der Waals surface area contributed by atoms with E-state index >= 15 is 0 Å². The topological polar surface area (TPSA) is 29.5 Å². The number of rotatable bonds is 10. The van der Waals surface area contributed by atoms with E-state index in [0.717, 1.165) is 6.42 Å². The number of amides is 1. The first-order valence-electron chi connectivity index (χ1n) is 9.80. The van der Waals surface area contributed by atoms with Crippen LogP contribution in [0.1, 0.15) is 65.7 Å². The van der Waals surface area contributed by atoms with Gasteiger partial charge in [0.25, 0.3) is 0 Å². The number of carbonyl (C=O) groups excluding carboxylic acids is 1. The van der Waals surface area contributed by atoms with Gasteiger partial charge in [-0.25, -0.2) is 0 Å². The summed E-state index contributed by atoms with van der Waals surface area (Å²) in [6.45, 7) is 7.50. The van der Waals surface area contributed by atoms with Crippen molar-refractivity contribution in [1.82, 2.24) is 4.90 Å². The fraction of sp³-hybridized carbons (Fsp3) is 0.842. The Balaban J connectivity index is 2.28. The molecule has 0 saturated carbocycles. The third kappa shape index (κ3) is 4.46. The molecule has 2 rings (SSSR count). The Labute approximate surface area is 146 Å². The average Bonchev–Trinajstić information content (AvgIpc) is 2.96. The molecule has 0 aromatic heterocycles. The molecule has 0 aromatic carbocycles. The summed E-state index contributed by atoms with van der Waals surface area (Å²) in [5.41, 5.74) is 0. The van der Waals surface area contributed by atoms with Crippen LogP contribution < -0.4 is 0 Å². The van der Waals surface area contributed by atoms with E-state index in [4.69, 9.17) is 4.74 Å². The number of carbonyl (C=O) groups is 1. The zero-order valence-electron chi connectivity index (χ0n) is 15.4. The van der Waals surface area contributed by atoms with Crippen molar-refractivity contribution in [3.8, 4) is 0 Å². The first-order chi connectivity index (χ1) is 11.2. The summed E-state index contributed by atoms with van der Waals surface area (Å²) in [6.07, 6.45) is 13.6. The van der Waals surface area contributed by atoms with Crippen molar-refractivity contribution in [2.75, 3.05) is 6.61 Å². The van der Waals surface area contributed by atoms with Crippen LogP contribution in [0.5, 0.6) is 0 Å². The van der Waals surface area contributed by atoms with Crippen LogP contribution in [-0.2, 0) is 4.74 Å². The molecule has 2 aliphatic heterocycles. The van der Waals surface area contributed by atoms with Gasteiger partial charge in [-0.1, -0.05) is 0 Å². The van der Waals surface area contributed by atoms with E-state index in [1.54, 1.807) is 0 Å². The molecule has 2 aliphatic rings. The average molecular weight is 428 g/mol. The molecule has 0 radical (unpaired) electrons. The van der Waals surface area contributed by atoms with Crippen molar-refractivity contribution >= 4 is 24.5 Å². The van der Waals surface area contributed by atoms with Crippen LogP contribution in [0.2, 0.25) is 13.3 Å². The quantitative estimate of drug-likeness (QED) is 0.339. The van der Waals surface area contributed by atoms with Gasteiger partial charge in [0.05, 0.1) is 0 Å². The van der Waals surface area contributed by atoms with Gasteiger partial charge in [0.15, 0.2) is 0 Å². The van der Waals surface area contributed by atoms with Gasteiger partial charge in [0.2, 0.25) is 0 Å². The third-order valence-corrected chi connectivity index (χ3v) is 22.8. The number of ether oxygens (including phenoxy) is 1. The van der Waals surface area contributed by atoms with Gasteiger partial charge in [0, 0.05) is 0 Å². The van der Waals surface area contributed by atoms with Crippen LogP contribution >= 0.6 is 0 Å². The molecule has 3 nitrogen and oxygen atoms in total. The van der Waals surface area contributed by atoms with E-state index in [1.165, 1.54) is 51.8 Å². The number of nitrogens with zero attached hydrogens (tertiary/aromatic N) is 1. The summed E-state index contributed by atoms with van der Waals surface area (Å²) < 4.78 is 10.3. The van der Waals surface area contributed by atoms with Crippen molar-refractivity contribution in [2.45, 2.75) is 89.1 Å². The van der Waals surface area contributed by atoms with Gasteiger partial charge < -0.3 is 0 Å². The van der Waals surface area contributed by atoms with Crippen LogP contribution in [-0.4, -0.2) is 46.1 Å². The number of fused-ring (bicyclic) bond motifs is 1. The van der Waals surface area contributed by atoms with E-state index in [-0.39, 0.29) is 12.1 Å². The first kappa shape index (κ1) is 19.1. The minimum absolute atomic E-state index is 0.0325. The Morgan fingerprint density at radius 3 is 2.17 bits per heavy atom. The summed E-state index contributed by atoms with van der Waals surface area (Å²) in [4.78, 5) is 14.6. The van der Waals surface area contributed by atoms with Crippen LogP contribution in [0.15, 0.2) is 12.2 Å². The van der Waals surface area contributed by atoms with Gasteiger partial charge >= 0.3 is 147 Å². The molecular weight excluding hydrogens is 393 g/mol. The molecular formula is C19H35NO2Sn. The van der Waals surface area contributed by atoms with E-state index in [9.17, 15) is 4.79 Å². The van der Waals surface area contributed by atoms with E-state index in [1.807, 2.05) is 0 Å². The monoisotopic (exact) mass is 429 g/mol. The Kier molecular flexibility index (Phi) is 7.77. The molecule has 1 amide bonds. The molecule has 0 unspecified atom stereocenters. The summed E-state index contributed by atoms with van der Waals surface area (Å²) >= 11 is -2.42. The van der Waals surface area contributed by atoms with Crippen LogP contribution in [0.25, 0.3) is 0 Å². The first-order valence-corrected chi connectivity index (χ1v) is 17.5. The molecule has 1 fully saturated rings. The normalized spacial score (nSPS) is 24.0. The molecule has 0 spiro atoms. The number of cyclic esters (lactones) is 1. The number of unbranched alkanes of at least 4 members (excludes halogenated alkanes) is 3. The molecule has 0 bridgehead atoms. The van der Waals surface area contributed by atoms with Crippen molar-refractivity contribution < 1.29 is 9.53 Å². The Morgan fingerprint density at radius 1 is 1.09 bits per heavy atom. The second kappa shape index (κ2) is 9.33. The molecule has 4 heteroatoms. The van der Waals surface area contributed by atoms with Gasteiger partial charge in [0.1, 0.15) is 0 Å². The number of hydrogen-bond acceptors (Lipinski definition) is 2. The summed E-state index contributed by atoms with van der Waals surface area (Å²) in [6, 6.07) is 0.224. The van der Waals surface area contributed by atoms with E-state index < -0.39 is 18.4 Å². The fourth-order valence-electron chi connectivity index (χ4n) is 4.44. The molecule has 1 saturated heterocycles. The second-order valence-electron chi connectivity index (χ2n) is 7.40. The zero-order valence-corrected chi connectivity index (χ0v) is 18.2. The van der Waals surface area contributed by atoms with Crippen molar-refractivity contribution in [3.05, 3.63) is 12.2 Å². The van der Waals surface area contributed by atoms with Gasteiger partial charge in [-0.05, 0) is 0 Å². The van der Waals surface area contributed by atoms with Crippen LogP contribution in [0, 0.1) is 0 Å². The molecule has 0 aliphatic carbocycles. The maximum atomic E-state index is 12.4. The van der Waals surface area contributed by atoms with Crippen molar-refractivity contribution in [1.29, 1.82) is 0 Å². The fourth-order valence-corrected chi connectivity index (χ4v) is 22.8. The Hall–Kier alpha value is -0.191. The van der Waals surface area contributed by atoms with Gasteiger partial charge in [-0.3, -0.25) is 0 Å². The molecule has 23 heavy (non-hydrogen) atoms. The van der Waals surface area contributed by atoms with Gasteiger partial charge in [-0.15, -0.1) is 0 Å². The van der Waals surface area contributed by atoms with Crippen LogP contribution in [0.4, 0.5) is 4.79 Å². The molecule has 2 heterocycles. The Morgan fingerprint density at radius 2 is 1.65 bits per heavy atom. The van der Waals surface area contributed by atoms with Crippen molar-refractivity contribution in [3.63, 3.8) is 0 Å². The standard InChI is InChI=1S/C7H8NO2.3C4H9.Sn/c9-7-8-4-2-1-3-6(8)5-10-7;3*1-3-4-2;/h1,3-4,6H,2,5H2;3*1,3-4H2,2H3;/t6-;;;;/m0..../s1. The predicted octanol–water partition coefficient (Wildman–Crippen LogP) is 5.52. The molecule has 0 N–H and O–H groups in total. The zero-order chi connectivity index (χ0) is 16.7. The SMILES string of the molecule is CCC[CH2][Sn]([CH2]CCC)([CH2]CCC)[C@@H]1CC=C[C@H]2COC(=O)N12. The summed E-state index contributed by atoms with van der Waals surface area (Å²) in [7, 11) is 0. The van der Waals surface area contributed by atoms with E-state index in [2.05, 4.69) is 37.8 Å². The minimum atomic E-state index is -2.42. The van der Waals surface area contributed by atoms with Crippen molar-refractivity contribution in [2.24, 2.45) is 0 Å². The molecule has 132 valence electrons. The third-order valence-electron chi connectivity index (χ3n) is 5.79. The summed E-state index contributed by atoms with van der Waals surface area (Å²) in [5, 5.41) is 0. The predicted molar refractivity (Wildman–Crippen MR) is 99.4 cm³/mol. The second-order valence-corrected chi connectivity index (χ2v) is 21.4. The Bertz CT molecular complexity index is 388. The van der Waals surface area contributed by atoms with Crippen LogP contribution in [0.3, 0.4) is 0 Å². The van der Waals surface area contributed by atoms with Gasteiger partial charge in [-0.2, -0.15) is 0 Å². The summed E-state index contributed by atoms with van der Waals surface area (Å²) in [5.74, 6) is 0. The molecule has 2 atom stereocenters.